The number of aryl methyl sites for hydroxylation is 1. The summed E-state index contributed by atoms with van der Waals surface area (Å²) in [6, 6.07) is 13.7. The molecule has 0 aliphatic heterocycles. The maximum absolute atomic E-state index is 12.3. The number of benzene rings is 2. The van der Waals surface area contributed by atoms with Crippen LogP contribution in [0.15, 0.2) is 53.4 Å². The van der Waals surface area contributed by atoms with Gasteiger partial charge in [0.05, 0.1) is 12.0 Å². The first-order chi connectivity index (χ1) is 9.56. The summed E-state index contributed by atoms with van der Waals surface area (Å²) in [6.07, 6.45) is 0.706. The maximum atomic E-state index is 12.3. The molecule has 0 fully saturated rings. The molecule has 0 aliphatic carbocycles. The van der Waals surface area contributed by atoms with Gasteiger partial charge in [-0.3, -0.25) is 4.72 Å². The van der Waals surface area contributed by atoms with Crippen molar-refractivity contribution in [2.45, 2.75) is 18.2 Å². The maximum Gasteiger partial charge on any atom is 0.261 e. The van der Waals surface area contributed by atoms with Crippen LogP contribution in [0, 0.1) is 0 Å². The Morgan fingerprint density at radius 3 is 2.40 bits per heavy atom. The van der Waals surface area contributed by atoms with Gasteiger partial charge in [-0.15, -0.1) is 0 Å². The monoisotopic (exact) mass is 291 g/mol. The second-order valence-electron chi connectivity index (χ2n) is 4.30. The van der Waals surface area contributed by atoms with Crippen LogP contribution in [0.4, 0.5) is 5.69 Å². The first-order valence-electron chi connectivity index (χ1n) is 6.31. The smallest absolute Gasteiger partial charge is 0.261 e. The van der Waals surface area contributed by atoms with Gasteiger partial charge < -0.3 is 4.74 Å². The third kappa shape index (κ3) is 3.11. The zero-order valence-electron chi connectivity index (χ0n) is 11.5. The lowest BCUT2D eigenvalue weighted by molar-refractivity contribution is 0.409. The molecule has 0 unspecified atom stereocenters. The van der Waals surface area contributed by atoms with Crippen molar-refractivity contribution in [3.8, 4) is 5.75 Å². The number of anilines is 1. The lowest BCUT2D eigenvalue weighted by atomic mass is 10.1. The van der Waals surface area contributed by atoms with Crippen LogP contribution in [0.25, 0.3) is 0 Å². The van der Waals surface area contributed by atoms with Crippen LogP contribution in [-0.2, 0) is 16.4 Å². The summed E-state index contributed by atoms with van der Waals surface area (Å²) >= 11 is 0. The van der Waals surface area contributed by atoms with E-state index in [-0.39, 0.29) is 4.90 Å². The van der Waals surface area contributed by atoms with Crippen molar-refractivity contribution in [2.75, 3.05) is 11.8 Å². The van der Waals surface area contributed by atoms with E-state index in [1.165, 1.54) is 0 Å². The fraction of sp³-hybridized carbons (Fsp3) is 0.200. The molecule has 2 aromatic carbocycles. The zero-order valence-corrected chi connectivity index (χ0v) is 12.3. The Morgan fingerprint density at radius 2 is 1.80 bits per heavy atom. The molecule has 0 atom stereocenters. The summed E-state index contributed by atoms with van der Waals surface area (Å²) in [5.41, 5.74) is 1.41. The molecule has 0 aliphatic rings. The summed E-state index contributed by atoms with van der Waals surface area (Å²) in [7, 11) is -2.00. The van der Waals surface area contributed by atoms with Gasteiger partial charge >= 0.3 is 0 Å². The number of methoxy groups -OCH3 is 1. The number of rotatable bonds is 5. The van der Waals surface area contributed by atoms with E-state index >= 15 is 0 Å². The highest BCUT2D eigenvalue weighted by molar-refractivity contribution is 7.92. The molecule has 5 heteroatoms. The zero-order chi connectivity index (χ0) is 14.6. The lowest BCUT2D eigenvalue weighted by Crippen LogP contribution is -2.13. The molecule has 0 saturated heterocycles. The Bertz CT molecular complexity index is 682. The van der Waals surface area contributed by atoms with Crippen LogP contribution in [0.3, 0.4) is 0 Å². The van der Waals surface area contributed by atoms with E-state index in [0.717, 1.165) is 5.56 Å². The van der Waals surface area contributed by atoms with Gasteiger partial charge in [0.1, 0.15) is 5.75 Å². The predicted octanol–water partition coefficient (Wildman–Crippen LogP) is 3.06. The SMILES string of the molecule is CCc1cc(S(=O)(=O)Nc2ccccc2)ccc1OC. The highest BCUT2D eigenvalue weighted by atomic mass is 32.2. The van der Waals surface area contributed by atoms with Crippen LogP contribution in [0.2, 0.25) is 0 Å². The number of para-hydroxylation sites is 1. The van der Waals surface area contributed by atoms with Crippen LogP contribution >= 0.6 is 0 Å². The Labute approximate surface area is 119 Å². The summed E-state index contributed by atoms with van der Waals surface area (Å²) in [6.45, 7) is 1.96. The van der Waals surface area contributed by atoms with Crippen molar-refractivity contribution in [1.29, 1.82) is 0 Å². The van der Waals surface area contributed by atoms with Gasteiger partial charge in [0.25, 0.3) is 10.0 Å². The topological polar surface area (TPSA) is 55.4 Å². The van der Waals surface area contributed by atoms with E-state index < -0.39 is 10.0 Å². The average Bonchev–Trinajstić information content (AvgIpc) is 2.47. The van der Waals surface area contributed by atoms with E-state index in [2.05, 4.69) is 4.72 Å². The molecular weight excluding hydrogens is 274 g/mol. The number of hydrogen-bond acceptors (Lipinski definition) is 3. The molecule has 1 N–H and O–H groups in total. The Kier molecular flexibility index (Phi) is 4.29. The molecule has 2 rings (SSSR count). The van der Waals surface area contributed by atoms with Crippen molar-refractivity contribution in [2.24, 2.45) is 0 Å². The minimum absolute atomic E-state index is 0.235. The van der Waals surface area contributed by atoms with Gasteiger partial charge in [0, 0.05) is 5.69 Å². The second kappa shape index (κ2) is 5.96. The number of nitrogens with one attached hydrogen (secondary N) is 1. The van der Waals surface area contributed by atoms with Crippen molar-refractivity contribution in [1.82, 2.24) is 0 Å². The largest absolute Gasteiger partial charge is 0.496 e. The van der Waals surface area contributed by atoms with Gasteiger partial charge in [0.2, 0.25) is 0 Å². The molecular formula is C15H17NO3S. The second-order valence-corrected chi connectivity index (χ2v) is 5.98. The fourth-order valence-corrected chi connectivity index (χ4v) is 3.03. The predicted molar refractivity (Wildman–Crippen MR) is 79.6 cm³/mol. The van der Waals surface area contributed by atoms with Gasteiger partial charge in [-0.05, 0) is 42.3 Å². The lowest BCUT2D eigenvalue weighted by Gasteiger charge is -2.11. The molecule has 0 radical (unpaired) electrons. The van der Waals surface area contributed by atoms with E-state index in [1.54, 1.807) is 49.6 Å². The van der Waals surface area contributed by atoms with Crippen LogP contribution in [0.5, 0.6) is 5.75 Å². The minimum Gasteiger partial charge on any atom is -0.496 e. The third-order valence-electron chi connectivity index (χ3n) is 2.97. The Balaban J connectivity index is 2.35. The summed E-state index contributed by atoms with van der Waals surface area (Å²) in [5, 5.41) is 0. The summed E-state index contributed by atoms with van der Waals surface area (Å²) in [4.78, 5) is 0.235. The number of hydrogen-bond donors (Lipinski definition) is 1. The highest BCUT2D eigenvalue weighted by Crippen LogP contribution is 2.24. The minimum atomic E-state index is -3.58. The molecule has 0 amide bonds. The molecule has 2 aromatic rings. The quantitative estimate of drug-likeness (QED) is 0.921. The van der Waals surface area contributed by atoms with Crippen LogP contribution in [-0.4, -0.2) is 15.5 Å². The third-order valence-corrected chi connectivity index (χ3v) is 4.35. The van der Waals surface area contributed by atoms with Crippen molar-refractivity contribution >= 4 is 15.7 Å². The molecule has 0 spiro atoms. The highest BCUT2D eigenvalue weighted by Gasteiger charge is 2.16. The molecule has 4 nitrogen and oxygen atoms in total. The first-order valence-corrected chi connectivity index (χ1v) is 7.80. The Hall–Kier alpha value is -2.01. The summed E-state index contributed by atoms with van der Waals surface area (Å²) in [5.74, 6) is 0.700. The van der Waals surface area contributed by atoms with E-state index in [0.29, 0.717) is 17.9 Å². The molecule has 0 bridgehead atoms. The van der Waals surface area contributed by atoms with Gasteiger partial charge in [-0.1, -0.05) is 25.1 Å². The Morgan fingerprint density at radius 1 is 1.10 bits per heavy atom. The van der Waals surface area contributed by atoms with Crippen LogP contribution in [0.1, 0.15) is 12.5 Å². The summed E-state index contributed by atoms with van der Waals surface area (Å²) < 4.78 is 32.4. The number of sulfonamides is 1. The number of ether oxygens (including phenoxy) is 1. The standard InChI is InChI=1S/C15H17NO3S/c1-3-12-11-14(9-10-15(12)19-2)20(17,18)16-13-7-5-4-6-8-13/h4-11,16H,3H2,1-2H3. The first kappa shape index (κ1) is 14.4. The van der Waals surface area contributed by atoms with Crippen molar-refractivity contribution < 1.29 is 13.2 Å². The molecule has 106 valence electrons. The van der Waals surface area contributed by atoms with Crippen molar-refractivity contribution in [3.63, 3.8) is 0 Å². The molecule has 0 saturated carbocycles. The van der Waals surface area contributed by atoms with E-state index in [4.69, 9.17) is 4.74 Å². The van der Waals surface area contributed by atoms with E-state index in [9.17, 15) is 8.42 Å². The molecule has 0 heterocycles. The van der Waals surface area contributed by atoms with Crippen LogP contribution < -0.4 is 9.46 Å². The van der Waals surface area contributed by atoms with E-state index in [1.807, 2.05) is 13.0 Å². The van der Waals surface area contributed by atoms with Gasteiger partial charge in [-0.2, -0.15) is 0 Å². The van der Waals surface area contributed by atoms with Crippen molar-refractivity contribution in [3.05, 3.63) is 54.1 Å². The van der Waals surface area contributed by atoms with Gasteiger partial charge in [-0.25, -0.2) is 8.42 Å². The average molecular weight is 291 g/mol. The molecule has 20 heavy (non-hydrogen) atoms. The van der Waals surface area contributed by atoms with Gasteiger partial charge in [0.15, 0.2) is 0 Å². The normalized spacial score (nSPS) is 11.1. The molecule has 0 aromatic heterocycles. The fourth-order valence-electron chi connectivity index (χ4n) is 1.92.